The highest BCUT2D eigenvalue weighted by Crippen LogP contribution is 2.33. The van der Waals surface area contributed by atoms with Crippen molar-refractivity contribution in [3.63, 3.8) is 0 Å². The van der Waals surface area contributed by atoms with Crippen molar-refractivity contribution in [1.82, 2.24) is 9.97 Å². The largest absolute Gasteiger partial charge is 0.496 e. The average Bonchev–Trinajstić information content (AvgIpc) is 2.45. The molecular formula is C13H11ClFN3O3. The van der Waals surface area contributed by atoms with Crippen molar-refractivity contribution >= 4 is 29.1 Å². The lowest BCUT2D eigenvalue weighted by atomic mass is 10.1. The van der Waals surface area contributed by atoms with Crippen LogP contribution in [0.15, 0.2) is 18.5 Å². The van der Waals surface area contributed by atoms with E-state index in [2.05, 4.69) is 15.3 Å². The SMILES string of the molecule is COc1cc(Nc2ncnc(C)c2F)c(Cl)cc1C(=O)O. The van der Waals surface area contributed by atoms with E-state index in [0.29, 0.717) is 0 Å². The van der Waals surface area contributed by atoms with E-state index in [0.717, 1.165) is 0 Å². The summed E-state index contributed by atoms with van der Waals surface area (Å²) in [6.07, 6.45) is 1.21. The first-order valence-electron chi connectivity index (χ1n) is 5.79. The van der Waals surface area contributed by atoms with Gasteiger partial charge in [0.05, 0.1) is 23.5 Å². The van der Waals surface area contributed by atoms with Gasteiger partial charge in [-0.15, -0.1) is 0 Å². The maximum Gasteiger partial charge on any atom is 0.339 e. The van der Waals surface area contributed by atoms with Gasteiger partial charge in [-0.3, -0.25) is 0 Å². The molecule has 0 aliphatic heterocycles. The highest BCUT2D eigenvalue weighted by Gasteiger charge is 2.16. The Kier molecular flexibility index (Phi) is 4.23. The quantitative estimate of drug-likeness (QED) is 0.903. The molecule has 2 N–H and O–H groups in total. The van der Waals surface area contributed by atoms with Crippen molar-refractivity contribution in [1.29, 1.82) is 0 Å². The fraction of sp³-hybridized carbons (Fsp3) is 0.154. The molecule has 0 unspecified atom stereocenters. The molecule has 6 nitrogen and oxygen atoms in total. The van der Waals surface area contributed by atoms with Crippen molar-refractivity contribution in [2.75, 3.05) is 12.4 Å². The summed E-state index contributed by atoms with van der Waals surface area (Å²) in [5, 5.41) is 11.8. The number of carboxylic acids is 1. The number of rotatable bonds is 4. The molecule has 2 rings (SSSR count). The van der Waals surface area contributed by atoms with Crippen LogP contribution in [0.2, 0.25) is 5.02 Å². The van der Waals surface area contributed by atoms with Gasteiger partial charge in [0.25, 0.3) is 0 Å². The Balaban J connectivity index is 2.45. The number of ether oxygens (including phenoxy) is 1. The number of halogens is 2. The van der Waals surface area contributed by atoms with Crippen LogP contribution in [0, 0.1) is 12.7 Å². The summed E-state index contributed by atoms with van der Waals surface area (Å²) in [5.41, 5.74) is 0.362. The molecule has 0 fully saturated rings. The third-order valence-electron chi connectivity index (χ3n) is 2.74. The minimum atomic E-state index is -1.18. The van der Waals surface area contributed by atoms with E-state index in [4.69, 9.17) is 21.4 Å². The molecule has 0 amide bonds. The zero-order valence-corrected chi connectivity index (χ0v) is 11.9. The van der Waals surface area contributed by atoms with Gasteiger partial charge in [0, 0.05) is 6.07 Å². The second-order valence-corrected chi connectivity index (χ2v) is 4.49. The Morgan fingerprint density at radius 2 is 2.14 bits per heavy atom. The van der Waals surface area contributed by atoms with Gasteiger partial charge in [-0.1, -0.05) is 11.6 Å². The van der Waals surface area contributed by atoms with Gasteiger partial charge in [0.2, 0.25) is 0 Å². The van der Waals surface area contributed by atoms with Crippen LogP contribution in [0.5, 0.6) is 5.75 Å². The number of anilines is 2. The summed E-state index contributed by atoms with van der Waals surface area (Å²) in [7, 11) is 1.33. The van der Waals surface area contributed by atoms with Crippen molar-refractivity contribution in [2.45, 2.75) is 6.92 Å². The van der Waals surface area contributed by atoms with E-state index >= 15 is 0 Å². The van der Waals surface area contributed by atoms with Gasteiger partial charge in [-0.25, -0.2) is 19.2 Å². The molecule has 0 aliphatic carbocycles. The van der Waals surface area contributed by atoms with E-state index in [9.17, 15) is 9.18 Å². The first-order chi connectivity index (χ1) is 9.93. The molecule has 1 aromatic carbocycles. The minimum absolute atomic E-state index is 0.0606. The van der Waals surface area contributed by atoms with Crippen LogP contribution in [0.3, 0.4) is 0 Å². The van der Waals surface area contributed by atoms with Crippen LogP contribution in [0.25, 0.3) is 0 Å². The van der Waals surface area contributed by atoms with Gasteiger partial charge in [0.15, 0.2) is 11.6 Å². The van der Waals surface area contributed by atoms with E-state index in [1.165, 1.54) is 32.5 Å². The number of aromatic nitrogens is 2. The van der Waals surface area contributed by atoms with Crippen LogP contribution in [-0.2, 0) is 0 Å². The smallest absolute Gasteiger partial charge is 0.339 e. The second kappa shape index (κ2) is 5.92. The summed E-state index contributed by atoms with van der Waals surface area (Å²) < 4.78 is 18.8. The number of hydrogen-bond acceptors (Lipinski definition) is 5. The third-order valence-corrected chi connectivity index (χ3v) is 3.05. The predicted molar refractivity (Wildman–Crippen MR) is 75.0 cm³/mol. The standard InChI is InChI=1S/C13H11ClFN3O3/c1-6-11(15)12(17-5-16-6)18-9-4-10(21-2)7(13(19)20)3-8(9)14/h3-5H,1-2H3,(H,19,20)(H,16,17,18). The summed E-state index contributed by atoms with van der Waals surface area (Å²) in [6, 6.07) is 2.58. The Morgan fingerprint density at radius 3 is 2.76 bits per heavy atom. The molecular weight excluding hydrogens is 301 g/mol. The molecule has 8 heteroatoms. The molecule has 0 bridgehead atoms. The minimum Gasteiger partial charge on any atom is -0.496 e. The molecule has 21 heavy (non-hydrogen) atoms. The summed E-state index contributed by atoms with van der Waals surface area (Å²) in [6.45, 7) is 1.50. The van der Waals surface area contributed by atoms with E-state index < -0.39 is 11.8 Å². The molecule has 0 saturated heterocycles. The van der Waals surface area contributed by atoms with Crippen molar-refractivity contribution < 1.29 is 19.0 Å². The normalized spacial score (nSPS) is 10.3. The van der Waals surface area contributed by atoms with Crippen molar-refractivity contribution in [3.8, 4) is 5.75 Å². The van der Waals surface area contributed by atoms with Crippen LogP contribution in [-0.4, -0.2) is 28.2 Å². The second-order valence-electron chi connectivity index (χ2n) is 4.08. The number of hydrogen-bond donors (Lipinski definition) is 2. The number of methoxy groups -OCH3 is 1. The lowest BCUT2D eigenvalue weighted by Crippen LogP contribution is -2.04. The van der Waals surface area contributed by atoms with Crippen LogP contribution in [0.1, 0.15) is 16.1 Å². The van der Waals surface area contributed by atoms with Crippen molar-refractivity contribution in [2.24, 2.45) is 0 Å². The highest BCUT2D eigenvalue weighted by atomic mass is 35.5. The zero-order chi connectivity index (χ0) is 15.6. The van der Waals surface area contributed by atoms with E-state index in [1.54, 1.807) is 0 Å². The highest BCUT2D eigenvalue weighted by molar-refractivity contribution is 6.33. The van der Waals surface area contributed by atoms with Gasteiger partial charge in [0.1, 0.15) is 17.6 Å². The fourth-order valence-electron chi connectivity index (χ4n) is 1.66. The molecule has 110 valence electrons. The molecule has 0 aliphatic rings. The molecule has 1 heterocycles. The zero-order valence-electron chi connectivity index (χ0n) is 11.1. The maximum absolute atomic E-state index is 13.9. The number of aryl methyl sites for hydroxylation is 1. The average molecular weight is 312 g/mol. The summed E-state index contributed by atoms with van der Waals surface area (Å²) >= 11 is 6.00. The van der Waals surface area contributed by atoms with E-state index in [1.807, 2.05) is 0 Å². The lowest BCUT2D eigenvalue weighted by molar-refractivity contribution is 0.0693. The third kappa shape index (κ3) is 3.03. The number of carbonyl (C=O) groups is 1. The van der Waals surface area contributed by atoms with Crippen LogP contribution in [0.4, 0.5) is 15.9 Å². The van der Waals surface area contributed by atoms with Crippen LogP contribution < -0.4 is 10.1 Å². The van der Waals surface area contributed by atoms with Gasteiger partial charge in [-0.05, 0) is 13.0 Å². The topological polar surface area (TPSA) is 84.3 Å². The lowest BCUT2D eigenvalue weighted by Gasteiger charge is -2.12. The summed E-state index contributed by atoms with van der Waals surface area (Å²) in [4.78, 5) is 18.6. The Labute approximate surface area is 124 Å². The Bertz CT molecular complexity index is 709. The molecule has 1 aromatic heterocycles. The molecule has 0 spiro atoms. The maximum atomic E-state index is 13.9. The number of nitrogens with zero attached hydrogens (tertiary/aromatic N) is 2. The van der Waals surface area contributed by atoms with Gasteiger partial charge >= 0.3 is 5.97 Å². The number of carboxylic acid groups (broad SMARTS) is 1. The first-order valence-corrected chi connectivity index (χ1v) is 6.16. The molecule has 0 atom stereocenters. The van der Waals surface area contributed by atoms with Crippen LogP contribution >= 0.6 is 11.6 Å². The summed E-state index contributed by atoms with van der Waals surface area (Å²) in [5.74, 6) is -1.76. The fourth-order valence-corrected chi connectivity index (χ4v) is 1.87. The Morgan fingerprint density at radius 1 is 1.43 bits per heavy atom. The van der Waals surface area contributed by atoms with Gasteiger partial charge < -0.3 is 15.2 Å². The Hall–Kier alpha value is -2.41. The first kappa shape index (κ1) is 15.0. The van der Waals surface area contributed by atoms with Gasteiger partial charge in [-0.2, -0.15) is 0 Å². The number of benzene rings is 1. The molecule has 0 saturated carbocycles. The molecule has 2 aromatic rings. The van der Waals surface area contributed by atoms with Crippen molar-refractivity contribution in [3.05, 3.63) is 40.6 Å². The van der Waals surface area contributed by atoms with E-state index in [-0.39, 0.29) is 33.5 Å². The predicted octanol–water partition coefficient (Wildman–Crippen LogP) is 3.03. The number of nitrogens with one attached hydrogen (secondary N) is 1. The monoisotopic (exact) mass is 311 g/mol. The number of aromatic carboxylic acids is 1. The molecule has 0 radical (unpaired) electrons.